The fraction of sp³-hybridized carbons (Fsp3) is 0.636. The summed E-state index contributed by atoms with van der Waals surface area (Å²) in [5, 5.41) is 11.7. The van der Waals surface area contributed by atoms with Crippen LogP contribution in [-0.2, 0) is 4.79 Å². The molecule has 2 rings (SSSR count). The van der Waals surface area contributed by atoms with Crippen LogP contribution in [0.15, 0.2) is 5.16 Å². The third-order valence-corrected chi connectivity index (χ3v) is 3.86. The van der Waals surface area contributed by atoms with Gasteiger partial charge in [-0.1, -0.05) is 31.0 Å². The monoisotopic (exact) mass is 298 g/mol. The van der Waals surface area contributed by atoms with Crippen LogP contribution in [0.4, 0.5) is 10.7 Å². The van der Waals surface area contributed by atoms with E-state index in [0.29, 0.717) is 5.16 Å². The third kappa shape index (κ3) is 4.72. The number of thioether (sulfide) groups is 1. The van der Waals surface area contributed by atoms with Crippen molar-refractivity contribution in [2.45, 2.75) is 43.3 Å². The van der Waals surface area contributed by atoms with Gasteiger partial charge in [-0.15, -0.1) is 5.10 Å². The van der Waals surface area contributed by atoms with E-state index in [1.165, 1.54) is 6.42 Å². The molecule has 1 heterocycles. The van der Waals surface area contributed by atoms with E-state index < -0.39 is 6.03 Å². The first kappa shape index (κ1) is 14.6. The lowest BCUT2D eigenvalue weighted by Crippen LogP contribution is -2.45. The Morgan fingerprint density at radius 3 is 2.75 bits per heavy atom. The first-order chi connectivity index (χ1) is 9.63. The fourth-order valence-corrected chi connectivity index (χ4v) is 2.69. The fourth-order valence-electron chi connectivity index (χ4n) is 2.08. The number of hydrogen-bond acceptors (Lipinski definition) is 6. The van der Waals surface area contributed by atoms with Crippen LogP contribution in [0.2, 0.25) is 0 Å². The first-order valence-corrected chi connectivity index (χ1v) is 7.53. The number of nitrogens with one attached hydrogen (secondary N) is 3. The quantitative estimate of drug-likeness (QED) is 0.604. The molecular formula is C11H18N6O2S. The van der Waals surface area contributed by atoms with E-state index in [2.05, 4.69) is 25.8 Å². The molecule has 0 bridgehead atoms. The number of nitrogens with zero attached hydrogens (tertiary/aromatic N) is 2. The van der Waals surface area contributed by atoms with Crippen LogP contribution in [0, 0.1) is 0 Å². The number of carbonyl (C=O) groups is 2. The Labute approximate surface area is 120 Å². The SMILES string of the molecule is Nc1nc(SCC(=O)NC(=O)NC2CCCCC2)n[nH]1. The molecule has 8 nitrogen and oxygen atoms in total. The van der Waals surface area contributed by atoms with Crippen LogP contribution < -0.4 is 16.4 Å². The van der Waals surface area contributed by atoms with Crippen molar-refractivity contribution >= 4 is 29.6 Å². The van der Waals surface area contributed by atoms with Crippen LogP contribution in [0.1, 0.15) is 32.1 Å². The molecule has 1 saturated carbocycles. The molecule has 5 N–H and O–H groups in total. The minimum absolute atomic E-state index is 0.0649. The lowest BCUT2D eigenvalue weighted by molar-refractivity contribution is -0.117. The summed E-state index contributed by atoms with van der Waals surface area (Å²) in [6.45, 7) is 0. The van der Waals surface area contributed by atoms with Gasteiger partial charge in [0, 0.05) is 6.04 Å². The van der Waals surface area contributed by atoms with E-state index in [4.69, 9.17) is 5.73 Å². The van der Waals surface area contributed by atoms with Crippen molar-refractivity contribution in [2.24, 2.45) is 0 Å². The Hall–Kier alpha value is -1.77. The number of rotatable bonds is 4. The summed E-state index contributed by atoms with van der Waals surface area (Å²) in [6, 6.07) is -0.256. The van der Waals surface area contributed by atoms with E-state index >= 15 is 0 Å². The van der Waals surface area contributed by atoms with Gasteiger partial charge >= 0.3 is 6.03 Å². The molecule has 3 amide bonds. The van der Waals surface area contributed by atoms with E-state index in [1.54, 1.807) is 0 Å². The number of nitrogen functional groups attached to an aromatic ring is 1. The minimum Gasteiger partial charge on any atom is -0.368 e. The maximum absolute atomic E-state index is 11.6. The van der Waals surface area contributed by atoms with Gasteiger partial charge in [-0.3, -0.25) is 10.1 Å². The van der Waals surface area contributed by atoms with Gasteiger partial charge in [-0.2, -0.15) is 4.98 Å². The molecule has 20 heavy (non-hydrogen) atoms. The molecule has 0 radical (unpaired) electrons. The highest BCUT2D eigenvalue weighted by Gasteiger charge is 2.17. The summed E-state index contributed by atoms with van der Waals surface area (Å²) in [4.78, 5) is 27.1. The number of nitrogens with two attached hydrogens (primary N) is 1. The molecule has 1 fully saturated rings. The summed E-state index contributed by atoms with van der Waals surface area (Å²) in [7, 11) is 0. The van der Waals surface area contributed by atoms with Crippen LogP contribution in [-0.4, -0.2) is 38.9 Å². The minimum atomic E-state index is -0.433. The largest absolute Gasteiger partial charge is 0.368 e. The molecule has 0 spiro atoms. The second kappa shape index (κ2) is 7.13. The number of carbonyl (C=O) groups excluding carboxylic acids is 2. The molecule has 0 atom stereocenters. The number of H-pyrrole nitrogens is 1. The predicted molar refractivity (Wildman–Crippen MR) is 75.1 cm³/mol. The van der Waals surface area contributed by atoms with E-state index in [-0.39, 0.29) is 23.7 Å². The van der Waals surface area contributed by atoms with Crippen LogP contribution in [0.25, 0.3) is 0 Å². The molecule has 1 aromatic heterocycles. The highest BCUT2D eigenvalue weighted by atomic mass is 32.2. The number of amides is 3. The molecule has 1 aromatic rings. The third-order valence-electron chi connectivity index (χ3n) is 3.01. The summed E-state index contributed by atoms with van der Waals surface area (Å²) >= 11 is 1.11. The van der Waals surface area contributed by atoms with Gasteiger partial charge in [0.15, 0.2) is 0 Å². The van der Waals surface area contributed by atoms with Crippen molar-refractivity contribution in [1.82, 2.24) is 25.8 Å². The number of urea groups is 1. The Balaban J connectivity index is 1.66. The number of anilines is 1. The zero-order valence-electron chi connectivity index (χ0n) is 11.0. The van der Waals surface area contributed by atoms with Crippen molar-refractivity contribution < 1.29 is 9.59 Å². The maximum atomic E-state index is 11.6. The molecular weight excluding hydrogens is 280 g/mol. The standard InChI is InChI=1S/C11H18N6O2S/c12-9-15-11(17-16-9)20-6-8(18)14-10(19)13-7-4-2-1-3-5-7/h7H,1-6H2,(H3,12,15,16,17)(H2,13,14,18,19). The van der Waals surface area contributed by atoms with E-state index in [9.17, 15) is 9.59 Å². The molecule has 110 valence electrons. The van der Waals surface area contributed by atoms with Crippen LogP contribution in [0.3, 0.4) is 0 Å². The van der Waals surface area contributed by atoms with Crippen molar-refractivity contribution in [1.29, 1.82) is 0 Å². The second-order valence-corrected chi connectivity index (χ2v) is 5.59. The molecule has 1 aliphatic carbocycles. The molecule has 0 aliphatic heterocycles. The van der Waals surface area contributed by atoms with Gasteiger partial charge in [0.2, 0.25) is 17.0 Å². The molecule has 0 unspecified atom stereocenters. The Morgan fingerprint density at radius 1 is 1.35 bits per heavy atom. The smallest absolute Gasteiger partial charge is 0.321 e. The predicted octanol–water partition coefficient (Wildman–Crippen LogP) is 0.637. The van der Waals surface area contributed by atoms with Gasteiger partial charge in [0.25, 0.3) is 0 Å². The maximum Gasteiger partial charge on any atom is 0.321 e. The zero-order chi connectivity index (χ0) is 14.4. The summed E-state index contributed by atoms with van der Waals surface area (Å²) < 4.78 is 0. The van der Waals surface area contributed by atoms with Crippen molar-refractivity contribution in [2.75, 3.05) is 11.5 Å². The van der Waals surface area contributed by atoms with Gasteiger partial charge in [0.1, 0.15) is 0 Å². The molecule has 0 saturated heterocycles. The average molecular weight is 298 g/mol. The van der Waals surface area contributed by atoms with E-state index in [1.807, 2.05) is 0 Å². The molecule has 9 heteroatoms. The summed E-state index contributed by atoms with van der Waals surface area (Å²) in [5.41, 5.74) is 5.36. The highest BCUT2D eigenvalue weighted by molar-refractivity contribution is 7.99. The summed E-state index contributed by atoms with van der Waals surface area (Å²) in [5.74, 6) is -0.121. The topological polar surface area (TPSA) is 126 Å². The highest BCUT2D eigenvalue weighted by Crippen LogP contribution is 2.17. The van der Waals surface area contributed by atoms with Crippen molar-refractivity contribution in [3.8, 4) is 0 Å². The van der Waals surface area contributed by atoms with Crippen LogP contribution in [0.5, 0.6) is 0 Å². The molecule has 1 aliphatic rings. The number of imide groups is 1. The van der Waals surface area contributed by atoms with Crippen LogP contribution >= 0.6 is 11.8 Å². The lowest BCUT2D eigenvalue weighted by Gasteiger charge is -2.22. The van der Waals surface area contributed by atoms with Crippen molar-refractivity contribution in [3.63, 3.8) is 0 Å². The first-order valence-electron chi connectivity index (χ1n) is 6.54. The van der Waals surface area contributed by atoms with Gasteiger partial charge in [-0.05, 0) is 12.8 Å². The Morgan fingerprint density at radius 2 is 2.10 bits per heavy atom. The Kier molecular flexibility index (Phi) is 5.22. The number of hydrogen-bond donors (Lipinski definition) is 4. The van der Waals surface area contributed by atoms with Crippen molar-refractivity contribution in [3.05, 3.63) is 0 Å². The van der Waals surface area contributed by atoms with E-state index in [0.717, 1.165) is 37.4 Å². The number of aromatic amines is 1. The lowest BCUT2D eigenvalue weighted by atomic mass is 9.96. The zero-order valence-corrected chi connectivity index (χ0v) is 11.8. The average Bonchev–Trinajstić information content (AvgIpc) is 2.83. The Bertz CT molecular complexity index is 471. The normalized spacial score (nSPS) is 15.8. The van der Waals surface area contributed by atoms with Gasteiger partial charge in [-0.25, -0.2) is 9.89 Å². The second-order valence-electron chi connectivity index (χ2n) is 4.65. The number of aromatic nitrogens is 3. The van der Waals surface area contributed by atoms with Gasteiger partial charge < -0.3 is 11.1 Å². The van der Waals surface area contributed by atoms with Gasteiger partial charge in [0.05, 0.1) is 5.75 Å². The molecule has 0 aromatic carbocycles. The summed E-state index contributed by atoms with van der Waals surface area (Å²) in [6.07, 6.45) is 5.43.